The fraction of sp³-hybridized carbons (Fsp3) is 0. The second kappa shape index (κ2) is 12.6. The molecule has 4 heterocycles. The second-order valence-corrected chi connectivity index (χ2v) is 15.4. The Labute approximate surface area is 344 Å². The van der Waals surface area contributed by atoms with E-state index in [0.717, 1.165) is 101 Å². The summed E-state index contributed by atoms with van der Waals surface area (Å²) in [5.41, 5.74) is 12.1. The van der Waals surface area contributed by atoms with E-state index in [2.05, 4.69) is 155 Å². The van der Waals surface area contributed by atoms with E-state index in [0.29, 0.717) is 5.95 Å². The first-order chi connectivity index (χ1) is 29.7. The molecule has 0 N–H and O–H groups in total. The van der Waals surface area contributed by atoms with Gasteiger partial charge in [0.15, 0.2) is 23.0 Å². The van der Waals surface area contributed by atoms with E-state index in [1.807, 2.05) is 48.5 Å². The molecule has 13 rings (SSSR count). The average Bonchev–Trinajstić information content (AvgIpc) is 3.65. The molecule has 11 aromatic rings. The molecule has 0 saturated heterocycles. The van der Waals surface area contributed by atoms with Gasteiger partial charge in [-0.25, -0.2) is 9.97 Å². The van der Waals surface area contributed by atoms with Crippen LogP contribution in [0.3, 0.4) is 0 Å². The molecule has 2 aliphatic rings. The summed E-state index contributed by atoms with van der Waals surface area (Å²) in [4.78, 5) is 12.9. The van der Waals surface area contributed by atoms with Crippen molar-refractivity contribution in [1.82, 2.24) is 14.5 Å². The SMILES string of the molecule is c1ccc(-c2ccc(-c3nc(-n4c5ccc(-c6cc7c8c(c6)Oc6ccccc6N8c6ccccc6O7)cc5c5c6ccccc6ccc54)nc4ccccc34)cc2)cc1. The lowest BCUT2D eigenvalue weighted by Crippen LogP contribution is -2.20. The number of para-hydroxylation sites is 5. The Hall–Kier alpha value is -8.22. The summed E-state index contributed by atoms with van der Waals surface area (Å²) in [5, 5.41) is 5.61. The van der Waals surface area contributed by atoms with E-state index < -0.39 is 0 Å². The number of benzene rings is 9. The number of aromatic nitrogens is 3. The van der Waals surface area contributed by atoms with Crippen LogP contribution in [0.4, 0.5) is 17.1 Å². The third-order valence-corrected chi connectivity index (χ3v) is 12.0. The van der Waals surface area contributed by atoms with Crippen molar-refractivity contribution < 1.29 is 9.47 Å². The van der Waals surface area contributed by atoms with Gasteiger partial charge in [0, 0.05) is 21.7 Å². The molecule has 9 aromatic carbocycles. The van der Waals surface area contributed by atoms with E-state index in [1.54, 1.807) is 0 Å². The molecule has 280 valence electrons. The van der Waals surface area contributed by atoms with Gasteiger partial charge in [0.05, 0.1) is 33.6 Å². The first-order valence-electron chi connectivity index (χ1n) is 20.1. The predicted octanol–water partition coefficient (Wildman–Crippen LogP) is 14.6. The van der Waals surface area contributed by atoms with Gasteiger partial charge in [-0.15, -0.1) is 0 Å². The number of fused-ring (bicyclic) bond motifs is 10. The highest BCUT2D eigenvalue weighted by Crippen LogP contribution is 2.60. The zero-order valence-corrected chi connectivity index (χ0v) is 32.1. The lowest BCUT2D eigenvalue weighted by atomic mass is 9.98. The Bertz CT molecular complexity index is 3490. The van der Waals surface area contributed by atoms with Crippen molar-refractivity contribution in [2.75, 3.05) is 4.90 Å². The van der Waals surface area contributed by atoms with Crippen LogP contribution in [0, 0.1) is 0 Å². The first-order valence-corrected chi connectivity index (χ1v) is 20.1. The molecule has 0 aliphatic carbocycles. The van der Waals surface area contributed by atoms with Crippen LogP contribution >= 0.6 is 0 Å². The molecule has 6 heteroatoms. The Morgan fingerprint density at radius 2 is 0.983 bits per heavy atom. The van der Waals surface area contributed by atoms with E-state index >= 15 is 0 Å². The Balaban J connectivity index is 1.01. The monoisotopic (exact) mass is 768 g/mol. The highest BCUT2D eigenvalue weighted by Gasteiger charge is 2.35. The lowest BCUT2D eigenvalue weighted by Gasteiger charge is -2.38. The molecule has 0 saturated carbocycles. The van der Waals surface area contributed by atoms with Crippen molar-refractivity contribution in [1.29, 1.82) is 0 Å². The minimum atomic E-state index is 0.622. The largest absolute Gasteiger partial charge is 0.453 e. The second-order valence-electron chi connectivity index (χ2n) is 15.4. The fourth-order valence-corrected chi connectivity index (χ4v) is 9.21. The minimum absolute atomic E-state index is 0.622. The van der Waals surface area contributed by atoms with Gasteiger partial charge in [-0.2, -0.15) is 0 Å². The maximum Gasteiger partial charge on any atom is 0.235 e. The maximum absolute atomic E-state index is 6.65. The molecule has 0 radical (unpaired) electrons. The number of anilines is 3. The third kappa shape index (κ3) is 4.88. The van der Waals surface area contributed by atoms with E-state index in [9.17, 15) is 0 Å². The molecule has 2 aliphatic heterocycles. The number of rotatable bonds is 4. The van der Waals surface area contributed by atoms with E-state index in [-0.39, 0.29) is 0 Å². The third-order valence-electron chi connectivity index (χ3n) is 12.0. The van der Waals surface area contributed by atoms with Crippen molar-refractivity contribution in [2.24, 2.45) is 0 Å². The van der Waals surface area contributed by atoms with Crippen LogP contribution < -0.4 is 14.4 Å². The number of hydrogen-bond acceptors (Lipinski definition) is 5. The standard InChI is InChI=1S/C54H32N4O2/c1-2-12-33(13-3-1)34-22-24-36(25-23-34)52-40-16-6-7-17-42(40)55-54(56-52)58-43-28-27-37(30-41(43)51-39-15-5-4-14-35(39)26-29-46(51)58)38-31-49-53-50(32-38)60-48-21-11-9-19-45(48)57(53)44-18-8-10-20-47(44)59-49/h1-32H. The molecule has 0 amide bonds. The lowest BCUT2D eigenvalue weighted by molar-refractivity contribution is 0.446. The smallest absolute Gasteiger partial charge is 0.235 e. The summed E-state index contributed by atoms with van der Waals surface area (Å²) in [5.74, 6) is 3.72. The van der Waals surface area contributed by atoms with Gasteiger partial charge in [-0.1, -0.05) is 133 Å². The van der Waals surface area contributed by atoms with Crippen molar-refractivity contribution in [3.05, 3.63) is 194 Å². The molecule has 0 fully saturated rings. The van der Waals surface area contributed by atoms with Crippen LogP contribution in [-0.4, -0.2) is 14.5 Å². The van der Waals surface area contributed by atoms with Gasteiger partial charge in [-0.3, -0.25) is 9.47 Å². The summed E-state index contributed by atoms with van der Waals surface area (Å²) in [7, 11) is 0. The summed E-state index contributed by atoms with van der Waals surface area (Å²) in [6.45, 7) is 0. The molecule has 2 aromatic heterocycles. The molecule has 0 bridgehead atoms. The van der Waals surface area contributed by atoms with Crippen molar-refractivity contribution in [3.63, 3.8) is 0 Å². The Morgan fingerprint density at radius 3 is 1.75 bits per heavy atom. The van der Waals surface area contributed by atoms with Crippen LogP contribution in [0.15, 0.2) is 194 Å². The predicted molar refractivity (Wildman–Crippen MR) is 243 cm³/mol. The highest BCUT2D eigenvalue weighted by atomic mass is 16.5. The number of nitrogens with zero attached hydrogens (tertiary/aromatic N) is 4. The van der Waals surface area contributed by atoms with Gasteiger partial charge >= 0.3 is 0 Å². The summed E-state index contributed by atoms with van der Waals surface area (Å²) < 4.78 is 15.5. The van der Waals surface area contributed by atoms with Gasteiger partial charge in [0.25, 0.3) is 0 Å². The molecular formula is C54H32N4O2. The summed E-state index contributed by atoms with van der Waals surface area (Å²) in [6.07, 6.45) is 0. The number of hydrogen-bond donors (Lipinski definition) is 0. The van der Waals surface area contributed by atoms with Crippen LogP contribution in [-0.2, 0) is 0 Å². The first kappa shape index (κ1) is 32.8. The van der Waals surface area contributed by atoms with Crippen LogP contribution in [0.2, 0.25) is 0 Å². The average molecular weight is 769 g/mol. The fourth-order valence-electron chi connectivity index (χ4n) is 9.21. The summed E-state index contributed by atoms with van der Waals surface area (Å²) in [6, 6.07) is 67.8. The molecule has 6 nitrogen and oxygen atoms in total. The molecular weight excluding hydrogens is 737 g/mol. The van der Waals surface area contributed by atoms with Crippen LogP contribution in [0.1, 0.15) is 0 Å². The topological polar surface area (TPSA) is 52.4 Å². The molecule has 0 spiro atoms. The maximum atomic E-state index is 6.65. The summed E-state index contributed by atoms with van der Waals surface area (Å²) >= 11 is 0. The minimum Gasteiger partial charge on any atom is -0.453 e. The zero-order valence-electron chi connectivity index (χ0n) is 32.1. The van der Waals surface area contributed by atoms with E-state index in [4.69, 9.17) is 19.4 Å². The van der Waals surface area contributed by atoms with Crippen molar-refractivity contribution >= 4 is 60.5 Å². The molecule has 0 atom stereocenters. The Kier molecular flexibility index (Phi) is 6.91. The molecule has 0 unspecified atom stereocenters. The zero-order chi connectivity index (χ0) is 39.3. The van der Waals surface area contributed by atoms with Crippen LogP contribution in [0.5, 0.6) is 23.0 Å². The quantitative estimate of drug-likeness (QED) is 0.178. The van der Waals surface area contributed by atoms with Crippen molar-refractivity contribution in [2.45, 2.75) is 0 Å². The van der Waals surface area contributed by atoms with Gasteiger partial charge in [0.2, 0.25) is 5.95 Å². The molecule has 60 heavy (non-hydrogen) atoms. The van der Waals surface area contributed by atoms with Gasteiger partial charge in [-0.05, 0) is 93.7 Å². The van der Waals surface area contributed by atoms with Crippen molar-refractivity contribution in [3.8, 4) is 62.5 Å². The number of ether oxygens (including phenoxy) is 2. The normalized spacial score (nSPS) is 12.6. The van der Waals surface area contributed by atoms with E-state index in [1.165, 1.54) is 16.3 Å². The highest BCUT2D eigenvalue weighted by molar-refractivity contribution is 6.22. The van der Waals surface area contributed by atoms with Gasteiger partial charge < -0.3 is 9.47 Å². The Morgan fingerprint density at radius 1 is 0.383 bits per heavy atom. The van der Waals surface area contributed by atoms with Crippen LogP contribution in [0.25, 0.3) is 82.9 Å². The van der Waals surface area contributed by atoms with Gasteiger partial charge in [0.1, 0.15) is 5.69 Å².